The van der Waals surface area contributed by atoms with Crippen LogP contribution in [0.15, 0.2) is 54.6 Å². The number of para-hydroxylation sites is 2. The van der Waals surface area contributed by atoms with Crippen LogP contribution < -0.4 is 15.8 Å². The molecule has 2 amide bonds. The number of nitrogens with two attached hydrogens (primary N) is 1. The molecule has 154 valence electrons. The Morgan fingerprint density at radius 3 is 2.38 bits per heavy atom. The first-order valence-electron chi connectivity index (χ1n) is 8.92. The smallest absolute Gasteiger partial charge is 0.471 e. The van der Waals surface area contributed by atoms with Crippen molar-refractivity contribution in [3.05, 3.63) is 60.2 Å². The predicted octanol–water partition coefficient (Wildman–Crippen LogP) is 2.87. The van der Waals surface area contributed by atoms with Gasteiger partial charge in [0.1, 0.15) is 17.9 Å². The van der Waals surface area contributed by atoms with E-state index < -0.39 is 42.7 Å². The van der Waals surface area contributed by atoms with Crippen molar-refractivity contribution >= 4 is 17.5 Å². The Morgan fingerprint density at radius 2 is 1.76 bits per heavy atom. The van der Waals surface area contributed by atoms with Crippen LogP contribution in [0.4, 0.5) is 18.9 Å². The standard InChI is InChI=1S/C20H20F3N3O3/c1-12(18(24)27)26(19(28)20(21,22)23)11-15-17(13-7-3-2-4-8-13)29-16-10-6-5-9-14(16)25-15/h2-10,12,15,17,25H,11H2,1H3,(H2,24,27). The number of carbonyl (C=O) groups is 2. The molecule has 29 heavy (non-hydrogen) atoms. The molecule has 1 aliphatic rings. The molecule has 0 saturated heterocycles. The Bertz CT molecular complexity index is 889. The highest BCUT2D eigenvalue weighted by Crippen LogP contribution is 2.38. The van der Waals surface area contributed by atoms with E-state index in [9.17, 15) is 22.8 Å². The van der Waals surface area contributed by atoms with E-state index >= 15 is 0 Å². The third kappa shape index (κ3) is 4.44. The minimum absolute atomic E-state index is 0.434. The van der Waals surface area contributed by atoms with Crippen molar-refractivity contribution < 1.29 is 27.5 Å². The van der Waals surface area contributed by atoms with Crippen LogP contribution in [0, 0.1) is 0 Å². The Labute approximate surface area is 165 Å². The van der Waals surface area contributed by atoms with Crippen LogP contribution in [0.3, 0.4) is 0 Å². The van der Waals surface area contributed by atoms with Crippen molar-refractivity contribution in [1.29, 1.82) is 0 Å². The first-order chi connectivity index (χ1) is 13.7. The highest BCUT2D eigenvalue weighted by atomic mass is 19.4. The van der Waals surface area contributed by atoms with Crippen molar-refractivity contribution in [2.45, 2.75) is 31.3 Å². The molecule has 3 N–H and O–H groups in total. The van der Waals surface area contributed by atoms with Crippen molar-refractivity contribution in [2.24, 2.45) is 5.73 Å². The van der Waals surface area contributed by atoms with E-state index in [0.717, 1.165) is 0 Å². The minimum atomic E-state index is -5.14. The molecule has 1 heterocycles. The summed E-state index contributed by atoms with van der Waals surface area (Å²) in [6.45, 7) is 0.734. The van der Waals surface area contributed by atoms with Gasteiger partial charge in [0.25, 0.3) is 0 Å². The number of halogens is 3. The molecule has 0 bridgehead atoms. The van der Waals surface area contributed by atoms with Gasteiger partial charge in [-0.3, -0.25) is 9.59 Å². The second-order valence-electron chi connectivity index (χ2n) is 6.73. The van der Waals surface area contributed by atoms with Gasteiger partial charge < -0.3 is 20.7 Å². The molecule has 9 heteroatoms. The van der Waals surface area contributed by atoms with Crippen LogP contribution in [-0.4, -0.2) is 41.5 Å². The fourth-order valence-corrected chi connectivity index (χ4v) is 3.21. The molecule has 3 unspecified atom stereocenters. The molecular weight excluding hydrogens is 387 g/mol. The van der Waals surface area contributed by atoms with Crippen molar-refractivity contribution in [3.8, 4) is 5.75 Å². The molecular formula is C20H20F3N3O3. The van der Waals surface area contributed by atoms with E-state index in [4.69, 9.17) is 10.5 Å². The molecule has 3 rings (SSSR count). The Balaban J connectivity index is 1.97. The third-order valence-corrected chi connectivity index (χ3v) is 4.75. The van der Waals surface area contributed by atoms with Crippen molar-refractivity contribution in [3.63, 3.8) is 0 Å². The maximum atomic E-state index is 13.1. The predicted molar refractivity (Wildman–Crippen MR) is 100 cm³/mol. The second kappa shape index (κ2) is 8.02. The zero-order valence-electron chi connectivity index (χ0n) is 15.5. The van der Waals surface area contributed by atoms with Gasteiger partial charge in [0.2, 0.25) is 5.91 Å². The van der Waals surface area contributed by atoms with Crippen LogP contribution in [0.1, 0.15) is 18.6 Å². The lowest BCUT2D eigenvalue weighted by Crippen LogP contribution is -2.56. The summed E-state index contributed by atoms with van der Waals surface area (Å²) in [7, 11) is 0. The first kappa shape index (κ1) is 20.5. The van der Waals surface area contributed by atoms with Gasteiger partial charge in [0.05, 0.1) is 11.7 Å². The summed E-state index contributed by atoms with van der Waals surface area (Å²) in [6.07, 6.45) is -5.82. The van der Waals surface area contributed by atoms with E-state index in [2.05, 4.69) is 5.32 Å². The molecule has 6 nitrogen and oxygen atoms in total. The summed E-state index contributed by atoms with van der Waals surface area (Å²) in [6, 6.07) is 13.7. The van der Waals surface area contributed by atoms with Gasteiger partial charge in [-0.15, -0.1) is 0 Å². The maximum Gasteiger partial charge on any atom is 0.471 e. The van der Waals surface area contributed by atoms with E-state index in [-0.39, 0.29) is 0 Å². The summed E-state index contributed by atoms with van der Waals surface area (Å²) >= 11 is 0. The van der Waals surface area contributed by atoms with Crippen LogP contribution in [0.25, 0.3) is 0 Å². The number of hydrogen-bond acceptors (Lipinski definition) is 4. The minimum Gasteiger partial charge on any atom is -0.481 e. The van der Waals surface area contributed by atoms with Gasteiger partial charge >= 0.3 is 12.1 Å². The fraction of sp³-hybridized carbons (Fsp3) is 0.300. The largest absolute Gasteiger partial charge is 0.481 e. The molecule has 0 spiro atoms. The number of amides is 2. The van der Waals surface area contributed by atoms with Gasteiger partial charge in [-0.1, -0.05) is 42.5 Å². The Morgan fingerprint density at radius 1 is 1.14 bits per heavy atom. The third-order valence-electron chi connectivity index (χ3n) is 4.75. The van der Waals surface area contributed by atoms with E-state index in [0.29, 0.717) is 21.9 Å². The number of nitrogens with one attached hydrogen (secondary N) is 1. The van der Waals surface area contributed by atoms with Gasteiger partial charge in [-0.25, -0.2) is 0 Å². The molecule has 0 aliphatic carbocycles. The van der Waals surface area contributed by atoms with Gasteiger partial charge in [0, 0.05) is 6.54 Å². The number of carbonyl (C=O) groups excluding carboxylic acids is 2. The number of ether oxygens (including phenoxy) is 1. The summed E-state index contributed by atoms with van der Waals surface area (Å²) in [4.78, 5) is 24.0. The molecule has 0 fully saturated rings. The van der Waals surface area contributed by atoms with Gasteiger partial charge in [-0.05, 0) is 24.6 Å². The molecule has 0 aromatic heterocycles. The molecule has 0 saturated carbocycles. The number of alkyl halides is 3. The summed E-state index contributed by atoms with van der Waals surface area (Å²) < 4.78 is 45.5. The van der Waals surface area contributed by atoms with Gasteiger partial charge in [0.15, 0.2) is 0 Å². The van der Waals surface area contributed by atoms with Crippen molar-refractivity contribution in [2.75, 3.05) is 11.9 Å². The van der Waals surface area contributed by atoms with Crippen LogP contribution in [-0.2, 0) is 9.59 Å². The van der Waals surface area contributed by atoms with E-state index in [1.807, 2.05) is 0 Å². The van der Waals surface area contributed by atoms with Crippen LogP contribution >= 0.6 is 0 Å². The average molecular weight is 407 g/mol. The number of benzene rings is 2. The Hall–Kier alpha value is -3.23. The summed E-state index contributed by atoms with van der Waals surface area (Å²) in [5, 5.41) is 3.14. The number of anilines is 1. The molecule has 3 atom stereocenters. The zero-order chi connectivity index (χ0) is 21.2. The van der Waals surface area contributed by atoms with E-state index in [1.54, 1.807) is 54.6 Å². The number of primary amides is 1. The molecule has 2 aromatic carbocycles. The van der Waals surface area contributed by atoms with E-state index in [1.165, 1.54) is 6.92 Å². The number of nitrogens with zero attached hydrogens (tertiary/aromatic N) is 1. The average Bonchev–Trinajstić information content (AvgIpc) is 2.70. The van der Waals surface area contributed by atoms with Crippen molar-refractivity contribution in [1.82, 2.24) is 4.90 Å². The highest BCUT2D eigenvalue weighted by Gasteiger charge is 2.46. The number of rotatable bonds is 5. The molecule has 2 aromatic rings. The molecule has 0 radical (unpaired) electrons. The maximum absolute atomic E-state index is 13.1. The van der Waals surface area contributed by atoms with Crippen LogP contribution in [0.2, 0.25) is 0 Å². The lowest BCUT2D eigenvalue weighted by molar-refractivity contribution is -0.188. The second-order valence-corrected chi connectivity index (χ2v) is 6.73. The summed E-state index contributed by atoms with van der Waals surface area (Å²) in [5.74, 6) is -2.62. The Kier molecular flexibility index (Phi) is 5.67. The normalized spacial score (nSPS) is 19.3. The summed E-state index contributed by atoms with van der Waals surface area (Å²) in [5.41, 5.74) is 6.49. The zero-order valence-corrected chi connectivity index (χ0v) is 15.5. The lowest BCUT2D eigenvalue weighted by Gasteiger charge is -2.39. The fourth-order valence-electron chi connectivity index (χ4n) is 3.21. The highest BCUT2D eigenvalue weighted by molar-refractivity contribution is 5.89. The SMILES string of the molecule is CC(C(N)=O)N(CC1Nc2ccccc2OC1c1ccccc1)C(=O)C(F)(F)F. The first-order valence-corrected chi connectivity index (χ1v) is 8.92. The lowest BCUT2D eigenvalue weighted by atomic mass is 9.98. The number of hydrogen-bond donors (Lipinski definition) is 2. The molecule has 1 aliphatic heterocycles. The number of fused-ring (bicyclic) bond motifs is 1. The topological polar surface area (TPSA) is 84.7 Å². The quantitative estimate of drug-likeness (QED) is 0.798. The van der Waals surface area contributed by atoms with Gasteiger partial charge in [-0.2, -0.15) is 13.2 Å². The van der Waals surface area contributed by atoms with Crippen LogP contribution in [0.5, 0.6) is 5.75 Å². The monoisotopic (exact) mass is 407 g/mol.